The summed E-state index contributed by atoms with van der Waals surface area (Å²) in [6, 6.07) is 18.0. The van der Waals surface area contributed by atoms with E-state index in [1.54, 1.807) is 12.1 Å². The van der Waals surface area contributed by atoms with Crippen LogP contribution in [0.3, 0.4) is 0 Å². The Morgan fingerprint density at radius 2 is 1.25 bits per heavy atom. The van der Waals surface area contributed by atoms with Gasteiger partial charge in [0, 0.05) is 49.8 Å². The molecule has 3 aliphatic heterocycles. The van der Waals surface area contributed by atoms with Crippen LogP contribution in [0.4, 0.5) is 5.69 Å². The van der Waals surface area contributed by atoms with Gasteiger partial charge in [-0.25, -0.2) is 0 Å². The van der Waals surface area contributed by atoms with Gasteiger partial charge in [-0.05, 0) is 78.8 Å². The van der Waals surface area contributed by atoms with Gasteiger partial charge in [0.2, 0.25) is 29.5 Å². The van der Waals surface area contributed by atoms with Gasteiger partial charge in [-0.1, -0.05) is 93.4 Å². The number of amides is 5. The average Bonchev–Trinajstić information content (AvgIpc) is 4.03. The molecule has 4 aromatic carbocycles. The second kappa shape index (κ2) is 27.8. The maximum Gasteiger partial charge on any atom is 0.248 e. The molecule has 3 heterocycles. The summed E-state index contributed by atoms with van der Waals surface area (Å²) in [5, 5.41) is 107. The number of unbranched alkanes of at least 4 members (excludes halogenated alkanes) is 2. The van der Waals surface area contributed by atoms with Gasteiger partial charge >= 0.3 is 0 Å². The Hall–Kier alpha value is -7.35. The molecule has 0 radical (unpaired) electrons. The Morgan fingerprint density at radius 1 is 0.699 bits per heavy atom. The van der Waals surface area contributed by atoms with Crippen LogP contribution in [0, 0.1) is 17.8 Å². The van der Waals surface area contributed by atoms with Gasteiger partial charge in [0.15, 0.2) is 17.8 Å². The van der Waals surface area contributed by atoms with Crippen LogP contribution in [0.25, 0.3) is 22.3 Å². The predicted octanol–water partition coefficient (Wildman–Crippen LogP) is 0.836. The highest BCUT2D eigenvalue weighted by molar-refractivity contribution is 6.01. The number of rotatable bonds is 15. The zero-order chi connectivity index (χ0) is 60.6. The molecule has 4 aromatic rings. The summed E-state index contributed by atoms with van der Waals surface area (Å²) in [5.74, 6) is -11.7. The van der Waals surface area contributed by atoms with Crippen molar-refractivity contribution in [2.24, 2.45) is 17.8 Å². The Bertz CT molecular complexity index is 2940. The van der Waals surface area contributed by atoms with Crippen molar-refractivity contribution in [3.05, 3.63) is 102 Å². The molecule has 3 aliphatic rings. The highest BCUT2D eigenvalue weighted by atomic mass is 16.5. The van der Waals surface area contributed by atoms with Crippen molar-refractivity contribution in [3.63, 3.8) is 0 Å². The number of nitrogen functional groups attached to an aromatic ring is 1. The molecule has 0 aromatic heterocycles. The number of benzene rings is 4. The number of phenols is 1. The van der Waals surface area contributed by atoms with Gasteiger partial charge in [0.1, 0.15) is 35.7 Å². The van der Waals surface area contributed by atoms with Gasteiger partial charge < -0.3 is 82.2 Å². The number of aromatic hydroxyl groups is 1. The number of nitrogens with zero attached hydrogens (tertiary/aromatic N) is 2. The lowest BCUT2D eigenvalue weighted by molar-refractivity contribution is -0.149. The lowest BCUT2D eigenvalue weighted by atomic mass is 9.86. The standard InChI is InChI=1S/C60H76N6O17/c1-5-6-7-22-83-41-19-16-36(17-20-41)34-10-8-33(9-11-34)35-12-14-37(15-13-35)46(71)24-39-25-48(73)57(79)64-58(80)51-52(74)30(2)28-66(51)60(82)50(32(4)68)63-56(78)42(54(76)53(75)38-18-21-45(70)43(61)23-38)27-47(72)44-26-40(69)29-65(44)59(81)49(31(3)67)62-55(39)77/h8-21,23,30-32,39-40,42,44,48-54,57,67-70,73-76,79H,5-7,22,24-29,61H2,1-4H3,(H,62,77)(H,63,78)(H,64,80)/t30-,31+,32+,39-,40+,42-,44-,48+,49-,50-,51-,52-,53-,54-,57+/m0/s1. The van der Waals surface area contributed by atoms with Gasteiger partial charge in [0.05, 0.1) is 60.9 Å². The first-order valence-corrected chi connectivity index (χ1v) is 27.9. The molecule has 5 amide bonds. The lowest BCUT2D eigenvalue weighted by Gasteiger charge is -2.33. The third kappa shape index (κ3) is 15.1. The molecule has 0 aliphatic carbocycles. The molecule has 3 fully saturated rings. The summed E-state index contributed by atoms with van der Waals surface area (Å²) in [6.07, 6.45) is -14.9. The molecule has 14 N–H and O–H groups in total. The number of nitrogens with one attached hydrogen (secondary N) is 3. The molecule has 0 bridgehead atoms. The van der Waals surface area contributed by atoms with E-state index in [1.165, 1.54) is 25.1 Å². The fraction of sp³-hybridized carbons (Fsp3) is 0.483. The summed E-state index contributed by atoms with van der Waals surface area (Å²) >= 11 is 0. The second-order valence-corrected chi connectivity index (χ2v) is 22.1. The first-order valence-electron chi connectivity index (χ1n) is 27.9. The fourth-order valence-corrected chi connectivity index (χ4v) is 10.8. The highest BCUT2D eigenvalue weighted by Gasteiger charge is 2.50. The number of fused-ring (bicyclic) bond motifs is 2. The van der Waals surface area contributed by atoms with E-state index in [-0.39, 0.29) is 29.1 Å². The third-order valence-electron chi connectivity index (χ3n) is 15.8. The van der Waals surface area contributed by atoms with Gasteiger partial charge in [0.25, 0.3) is 0 Å². The zero-order valence-corrected chi connectivity index (χ0v) is 46.7. The molecule has 23 nitrogen and oxygen atoms in total. The van der Waals surface area contributed by atoms with Crippen molar-refractivity contribution < 1.29 is 84.3 Å². The summed E-state index contributed by atoms with van der Waals surface area (Å²) in [7, 11) is 0. The van der Waals surface area contributed by atoms with Crippen LogP contribution < -0.4 is 26.4 Å². The van der Waals surface area contributed by atoms with E-state index in [9.17, 15) is 79.5 Å². The lowest BCUT2D eigenvalue weighted by Crippen LogP contribution is -2.60. The molecule has 23 heteroatoms. The van der Waals surface area contributed by atoms with Crippen molar-refractivity contribution in [1.29, 1.82) is 0 Å². The Morgan fingerprint density at radius 3 is 1.82 bits per heavy atom. The molecule has 83 heavy (non-hydrogen) atoms. The van der Waals surface area contributed by atoms with Crippen LogP contribution in [0.2, 0.25) is 0 Å². The largest absolute Gasteiger partial charge is 0.506 e. The van der Waals surface area contributed by atoms with E-state index in [1.807, 2.05) is 48.5 Å². The second-order valence-electron chi connectivity index (χ2n) is 22.1. The zero-order valence-electron chi connectivity index (χ0n) is 46.7. The number of ether oxygens (including phenoxy) is 1. The number of aliphatic hydroxyl groups is 8. The molecule has 0 unspecified atom stereocenters. The van der Waals surface area contributed by atoms with Crippen LogP contribution in [0.5, 0.6) is 11.5 Å². The van der Waals surface area contributed by atoms with Crippen molar-refractivity contribution in [1.82, 2.24) is 25.8 Å². The molecule has 3 saturated heterocycles. The number of phenolic OH excluding ortho intramolecular Hbond substituents is 1. The van der Waals surface area contributed by atoms with Crippen LogP contribution in [-0.2, 0) is 28.8 Å². The van der Waals surface area contributed by atoms with Crippen molar-refractivity contribution >= 4 is 46.8 Å². The number of carbonyl (C=O) groups is 7. The van der Waals surface area contributed by atoms with Gasteiger partial charge in [-0.2, -0.15) is 0 Å². The first kappa shape index (κ1) is 63.2. The predicted molar refractivity (Wildman–Crippen MR) is 300 cm³/mol. The molecule has 15 atom stereocenters. The SMILES string of the molecule is CCCCCOc1ccc(-c2ccc(-c3ccc(C(=O)C[C@H]4C[C@@H](O)[C@@H](O)NC(=O)[C@@H]5[C@@H](O)[C@@H](C)CN5C(=O)[C@H]([C@@H](C)O)NC(=O)[C@H]([C@H](O)[C@@H](O)c5ccc(O)c(N)c5)CC(=O)[C@@H]5C[C@@H](O)CN5C(=O)[C@H]([C@@H](C)O)NC4=O)cc3)cc2)cc1. The molecule has 7 rings (SSSR count). The Kier molecular flexibility index (Phi) is 21.2. The smallest absolute Gasteiger partial charge is 0.248 e. The summed E-state index contributed by atoms with van der Waals surface area (Å²) in [4.78, 5) is 102. The van der Waals surface area contributed by atoms with Crippen molar-refractivity contribution in [2.75, 3.05) is 25.4 Å². The monoisotopic (exact) mass is 1150 g/mol. The minimum atomic E-state index is -2.25. The number of Topliss-reactive ketones (excluding diaryl/α,β-unsaturated/α-hetero) is 2. The van der Waals surface area contributed by atoms with Gasteiger partial charge in [-0.15, -0.1) is 0 Å². The van der Waals surface area contributed by atoms with E-state index in [0.29, 0.717) is 6.61 Å². The molecular weight excluding hydrogens is 1080 g/mol. The number of carbonyl (C=O) groups excluding carboxylic acids is 7. The molecule has 0 saturated carbocycles. The maximum absolute atomic E-state index is 14.5. The fourth-order valence-electron chi connectivity index (χ4n) is 10.8. The van der Waals surface area contributed by atoms with Crippen LogP contribution >= 0.6 is 0 Å². The van der Waals surface area contributed by atoms with Crippen LogP contribution in [-0.4, -0.2) is 184 Å². The average molecular weight is 1150 g/mol. The quantitative estimate of drug-likeness (QED) is 0.0339. The maximum atomic E-state index is 14.5. The van der Waals surface area contributed by atoms with Crippen molar-refractivity contribution in [3.8, 4) is 33.8 Å². The Labute approximate surface area is 480 Å². The first-order chi connectivity index (χ1) is 39.4. The van der Waals surface area contributed by atoms with E-state index < -0.39 is 164 Å². The topological polar surface area (TPSA) is 379 Å². The van der Waals surface area contributed by atoms with E-state index in [0.717, 1.165) is 83.0 Å². The summed E-state index contributed by atoms with van der Waals surface area (Å²) in [5.41, 5.74) is 9.10. The number of hydrogen-bond acceptors (Lipinski definition) is 18. The number of aliphatic hydroxyl groups excluding tert-OH is 8. The summed E-state index contributed by atoms with van der Waals surface area (Å²) < 4.78 is 5.85. The number of anilines is 1. The summed E-state index contributed by atoms with van der Waals surface area (Å²) in [6.45, 7) is 5.58. The van der Waals surface area contributed by atoms with Crippen LogP contribution in [0.15, 0.2) is 91.0 Å². The highest BCUT2D eigenvalue weighted by Crippen LogP contribution is 2.33. The van der Waals surface area contributed by atoms with Gasteiger partial charge in [-0.3, -0.25) is 33.6 Å². The Balaban J connectivity index is 1.18. The van der Waals surface area contributed by atoms with Crippen LogP contribution in [0.1, 0.15) is 94.7 Å². The normalized spacial score (nSPS) is 27.5. The molecule has 0 spiro atoms. The van der Waals surface area contributed by atoms with E-state index in [4.69, 9.17) is 10.5 Å². The molecule has 448 valence electrons. The van der Waals surface area contributed by atoms with Crippen molar-refractivity contribution in [2.45, 2.75) is 146 Å². The number of nitrogens with two attached hydrogens (primary N) is 1. The minimum Gasteiger partial charge on any atom is -0.506 e. The third-order valence-corrected chi connectivity index (χ3v) is 15.8. The minimum absolute atomic E-state index is 0.122. The number of hydrogen-bond donors (Lipinski definition) is 13. The van der Waals surface area contributed by atoms with E-state index in [2.05, 4.69) is 22.9 Å². The number of ketones is 2. The molecular formula is C60H76N6O17. The van der Waals surface area contributed by atoms with E-state index >= 15 is 0 Å².